The van der Waals surface area contributed by atoms with Crippen LogP contribution in [-0.4, -0.2) is 18.5 Å². The minimum atomic E-state index is 0. The molecule has 0 aromatic rings. The van der Waals surface area contributed by atoms with E-state index in [1.54, 1.807) is 0 Å². The summed E-state index contributed by atoms with van der Waals surface area (Å²) in [5, 5.41) is 3.39. The molecule has 3 nitrogen and oxygen atoms in total. The van der Waals surface area contributed by atoms with Gasteiger partial charge < -0.3 is 11.1 Å². The molecule has 2 saturated carbocycles. The van der Waals surface area contributed by atoms with Crippen molar-refractivity contribution in [1.82, 2.24) is 5.32 Å². The van der Waals surface area contributed by atoms with Gasteiger partial charge in [0.2, 0.25) is 0 Å². The normalized spacial score (nSPS) is 23.6. The van der Waals surface area contributed by atoms with Gasteiger partial charge in [-0.3, -0.25) is 4.99 Å². The van der Waals surface area contributed by atoms with Crippen molar-refractivity contribution in [3.63, 3.8) is 0 Å². The molecule has 2 aliphatic carbocycles. The number of aliphatic imine (C=N–C) groups is 1. The summed E-state index contributed by atoms with van der Waals surface area (Å²) in [6, 6.07) is 0.571. The van der Waals surface area contributed by atoms with Crippen molar-refractivity contribution >= 4 is 29.9 Å². The summed E-state index contributed by atoms with van der Waals surface area (Å²) in [6.07, 6.45) is 9.21. The van der Waals surface area contributed by atoms with Crippen molar-refractivity contribution in [2.75, 3.05) is 6.54 Å². The molecule has 2 fully saturated rings. The van der Waals surface area contributed by atoms with Gasteiger partial charge in [0, 0.05) is 12.6 Å². The van der Waals surface area contributed by atoms with Crippen LogP contribution in [0, 0.1) is 11.3 Å². The van der Waals surface area contributed by atoms with Gasteiger partial charge in [-0.25, -0.2) is 0 Å². The summed E-state index contributed by atoms with van der Waals surface area (Å²) in [6.45, 7) is 5.51. The number of nitrogens with two attached hydrogens (primary N) is 1. The molecule has 0 radical (unpaired) electrons. The third kappa shape index (κ3) is 4.28. The first-order valence-electron chi connectivity index (χ1n) is 7.19. The Morgan fingerprint density at radius 2 is 1.89 bits per heavy atom. The zero-order valence-electron chi connectivity index (χ0n) is 11.7. The van der Waals surface area contributed by atoms with Gasteiger partial charge >= 0.3 is 0 Å². The van der Waals surface area contributed by atoms with Crippen molar-refractivity contribution in [2.45, 2.75) is 64.8 Å². The Morgan fingerprint density at radius 3 is 2.39 bits per heavy atom. The highest BCUT2D eigenvalue weighted by molar-refractivity contribution is 14.0. The van der Waals surface area contributed by atoms with Crippen LogP contribution in [0.4, 0.5) is 0 Å². The molecule has 0 aliphatic heterocycles. The quantitative estimate of drug-likeness (QED) is 0.456. The Labute approximate surface area is 128 Å². The number of rotatable bonds is 4. The van der Waals surface area contributed by atoms with E-state index in [0.29, 0.717) is 17.4 Å². The molecule has 106 valence electrons. The van der Waals surface area contributed by atoms with Gasteiger partial charge in [0.25, 0.3) is 0 Å². The molecule has 0 amide bonds. The van der Waals surface area contributed by atoms with Crippen molar-refractivity contribution in [1.29, 1.82) is 0 Å². The van der Waals surface area contributed by atoms with E-state index < -0.39 is 0 Å². The second-order valence-corrected chi connectivity index (χ2v) is 6.20. The monoisotopic (exact) mass is 365 g/mol. The standard InChI is InChI=1S/C14H27N3.HI/c1-11(2)14(8-9-14)10-16-13(15)17-12-6-4-3-5-7-12;/h11-12H,3-10H2,1-2H3,(H3,15,16,17);1H. The van der Waals surface area contributed by atoms with Crippen LogP contribution in [0.2, 0.25) is 0 Å². The molecule has 2 aliphatic rings. The molecule has 18 heavy (non-hydrogen) atoms. The van der Waals surface area contributed by atoms with E-state index in [1.165, 1.54) is 44.9 Å². The molecule has 0 aromatic heterocycles. The zero-order chi connectivity index (χ0) is 12.3. The third-order valence-electron chi connectivity index (χ3n) is 4.64. The molecule has 0 unspecified atom stereocenters. The average molecular weight is 365 g/mol. The molecule has 0 atom stereocenters. The van der Waals surface area contributed by atoms with E-state index in [9.17, 15) is 0 Å². The van der Waals surface area contributed by atoms with E-state index in [-0.39, 0.29) is 24.0 Å². The van der Waals surface area contributed by atoms with Crippen LogP contribution >= 0.6 is 24.0 Å². The van der Waals surface area contributed by atoms with Gasteiger partial charge in [0.05, 0.1) is 0 Å². The molecule has 0 bridgehead atoms. The van der Waals surface area contributed by atoms with Crippen LogP contribution in [0.5, 0.6) is 0 Å². The molecule has 0 spiro atoms. The fraction of sp³-hybridized carbons (Fsp3) is 0.929. The lowest BCUT2D eigenvalue weighted by molar-refractivity contribution is 0.369. The zero-order valence-corrected chi connectivity index (χ0v) is 14.1. The highest BCUT2D eigenvalue weighted by Crippen LogP contribution is 2.51. The molecular formula is C14H28IN3. The number of hydrogen-bond acceptors (Lipinski definition) is 1. The average Bonchev–Trinajstić information content (AvgIpc) is 3.09. The van der Waals surface area contributed by atoms with E-state index in [1.807, 2.05) is 0 Å². The van der Waals surface area contributed by atoms with E-state index in [2.05, 4.69) is 24.2 Å². The van der Waals surface area contributed by atoms with E-state index >= 15 is 0 Å². The van der Waals surface area contributed by atoms with Gasteiger partial charge in [-0.15, -0.1) is 24.0 Å². The van der Waals surface area contributed by atoms with Crippen LogP contribution in [0.3, 0.4) is 0 Å². The van der Waals surface area contributed by atoms with Crippen LogP contribution in [0.15, 0.2) is 4.99 Å². The van der Waals surface area contributed by atoms with Crippen molar-refractivity contribution < 1.29 is 0 Å². The Bertz CT molecular complexity index is 279. The molecular weight excluding hydrogens is 337 g/mol. The predicted molar refractivity (Wildman–Crippen MR) is 88.4 cm³/mol. The Morgan fingerprint density at radius 1 is 1.28 bits per heavy atom. The number of halogens is 1. The van der Waals surface area contributed by atoms with Gasteiger partial charge in [0.15, 0.2) is 5.96 Å². The fourth-order valence-corrected chi connectivity index (χ4v) is 2.82. The maximum atomic E-state index is 5.98. The maximum absolute atomic E-state index is 5.98. The van der Waals surface area contributed by atoms with Crippen LogP contribution < -0.4 is 11.1 Å². The van der Waals surface area contributed by atoms with E-state index in [4.69, 9.17) is 5.73 Å². The lowest BCUT2D eigenvalue weighted by Gasteiger charge is -2.24. The van der Waals surface area contributed by atoms with Gasteiger partial charge in [-0.1, -0.05) is 33.1 Å². The SMILES string of the molecule is CC(C)C1(CN=C(N)NC2CCCCC2)CC1.I. The summed E-state index contributed by atoms with van der Waals surface area (Å²) in [5.41, 5.74) is 6.45. The minimum Gasteiger partial charge on any atom is -0.370 e. The summed E-state index contributed by atoms with van der Waals surface area (Å²) in [7, 11) is 0. The third-order valence-corrected chi connectivity index (χ3v) is 4.64. The van der Waals surface area contributed by atoms with E-state index in [0.717, 1.165) is 12.5 Å². The lowest BCUT2D eigenvalue weighted by Crippen LogP contribution is -2.41. The molecule has 0 aromatic carbocycles. The number of hydrogen-bond donors (Lipinski definition) is 2. The number of guanidine groups is 1. The Balaban J connectivity index is 0.00000162. The van der Waals surface area contributed by atoms with Crippen LogP contribution in [0.1, 0.15) is 58.8 Å². The first kappa shape index (κ1) is 16.1. The Kier molecular flexibility index (Phi) is 6.21. The predicted octanol–water partition coefficient (Wildman–Crippen LogP) is 3.28. The second kappa shape index (κ2) is 6.96. The van der Waals surface area contributed by atoms with Crippen LogP contribution in [-0.2, 0) is 0 Å². The van der Waals surface area contributed by atoms with Gasteiger partial charge in [-0.2, -0.15) is 0 Å². The summed E-state index contributed by atoms with van der Waals surface area (Å²) < 4.78 is 0. The summed E-state index contributed by atoms with van der Waals surface area (Å²) in [5.74, 6) is 1.40. The smallest absolute Gasteiger partial charge is 0.188 e. The summed E-state index contributed by atoms with van der Waals surface area (Å²) >= 11 is 0. The van der Waals surface area contributed by atoms with Gasteiger partial charge in [-0.05, 0) is 37.0 Å². The Hall–Kier alpha value is 0. The first-order chi connectivity index (χ1) is 8.12. The van der Waals surface area contributed by atoms with Crippen molar-refractivity contribution in [3.8, 4) is 0 Å². The van der Waals surface area contributed by atoms with Gasteiger partial charge in [0.1, 0.15) is 0 Å². The summed E-state index contributed by atoms with van der Waals surface area (Å²) in [4.78, 5) is 4.56. The maximum Gasteiger partial charge on any atom is 0.188 e. The highest BCUT2D eigenvalue weighted by atomic mass is 127. The minimum absolute atomic E-state index is 0. The molecule has 3 N–H and O–H groups in total. The van der Waals surface area contributed by atoms with Crippen molar-refractivity contribution in [2.24, 2.45) is 22.1 Å². The largest absolute Gasteiger partial charge is 0.370 e. The highest BCUT2D eigenvalue weighted by Gasteiger charge is 2.45. The second-order valence-electron chi connectivity index (χ2n) is 6.20. The molecule has 4 heteroatoms. The van der Waals surface area contributed by atoms with Crippen molar-refractivity contribution in [3.05, 3.63) is 0 Å². The topological polar surface area (TPSA) is 50.4 Å². The molecule has 2 rings (SSSR count). The fourth-order valence-electron chi connectivity index (χ4n) is 2.82. The lowest BCUT2D eigenvalue weighted by atomic mass is 9.93. The number of nitrogens with one attached hydrogen (secondary N) is 1. The number of nitrogens with zero attached hydrogens (tertiary/aromatic N) is 1. The van der Waals surface area contributed by atoms with Crippen LogP contribution in [0.25, 0.3) is 0 Å². The molecule has 0 heterocycles. The first-order valence-corrected chi connectivity index (χ1v) is 7.19. The molecule has 0 saturated heterocycles.